The van der Waals surface area contributed by atoms with E-state index in [4.69, 9.17) is 0 Å². The predicted octanol–water partition coefficient (Wildman–Crippen LogP) is 2.20. The number of nitrogens with zero attached hydrogens (tertiary/aromatic N) is 1. The summed E-state index contributed by atoms with van der Waals surface area (Å²) in [6.07, 6.45) is 1.26. The minimum atomic E-state index is -3.10. The van der Waals surface area contributed by atoms with E-state index in [0.29, 0.717) is 4.90 Å². The molecule has 2 rings (SSSR count). The van der Waals surface area contributed by atoms with E-state index in [1.54, 1.807) is 6.07 Å². The van der Waals surface area contributed by atoms with Gasteiger partial charge in [0.2, 0.25) is 0 Å². The Morgan fingerprint density at radius 3 is 2.24 bits per heavy atom. The Morgan fingerprint density at radius 1 is 1.12 bits per heavy atom. The van der Waals surface area contributed by atoms with Crippen LogP contribution in [0, 0.1) is 0 Å². The summed E-state index contributed by atoms with van der Waals surface area (Å²) in [5.41, 5.74) is 2.50. The average Bonchev–Trinajstić information content (AvgIpc) is 2.57. The first-order valence-electron chi connectivity index (χ1n) is 5.75. The summed E-state index contributed by atoms with van der Waals surface area (Å²) in [5.74, 6) is 0. The van der Waals surface area contributed by atoms with Crippen LogP contribution in [0.15, 0.2) is 23.1 Å². The highest BCUT2D eigenvalue weighted by atomic mass is 32.2. The standard InChI is InChI=1S/C13H19NO2S/c1-13(2,3)14-8-10-5-6-12(17(4,15)16)7-11(10)9-14/h5-7H,8-9H2,1-4H3. The predicted molar refractivity (Wildman–Crippen MR) is 68.6 cm³/mol. The van der Waals surface area contributed by atoms with E-state index in [9.17, 15) is 8.42 Å². The van der Waals surface area contributed by atoms with Gasteiger partial charge in [-0.15, -0.1) is 0 Å². The number of sulfone groups is 1. The maximum Gasteiger partial charge on any atom is 0.175 e. The smallest absolute Gasteiger partial charge is 0.175 e. The van der Waals surface area contributed by atoms with E-state index < -0.39 is 9.84 Å². The van der Waals surface area contributed by atoms with Crippen molar-refractivity contribution in [3.05, 3.63) is 29.3 Å². The summed E-state index contributed by atoms with van der Waals surface area (Å²) in [5, 5.41) is 0. The van der Waals surface area contributed by atoms with Gasteiger partial charge in [-0.1, -0.05) is 6.07 Å². The largest absolute Gasteiger partial charge is 0.290 e. The molecule has 1 aliphatic rings. The zero-order valence-corrected chi connectivity index (χ0v) is 11.6. The van der Waals surface area contributed by atoms with Crippen LogP contribution in [0.2, 0.25) is 0 Å². The summed E-state index contributed by atoms with van der Waals surface area (Å²) in [6, 6.07) is 5.47. The Kier molecular flexibility index (Phi) is 2.83. The molecule has 0 atom stereocenters. The lowest BCUT2D eigenvalue weighted by atomic mass is 10.1. The summed E-state index contributed by atoms with van der Waals surface area (Å²) in [6.45, 7) is 8.27. The Morgan fingerprint density at radius 2 is 1.71 bits per heavy atom. The first-order valence-corrected chi connectivity index (χ1v) is 7.64. The van der Waals surface area contributed by atoms with Crippen molar-refractivity contribution in [1.29, 1.82) is 0 Å². The molecule has 0 spiro atoms. The molecule has 0 fully saturated rings. The zero-order chi connectivity index (χ0) is 12.8. The lowest BCUT2D eigenvalue weighted by molar-refractivity contribution is 0.136. The molecule has 1 aromatic rings. The van der Waals surface area contributed by atoms with Crippen molar-refractivity contribution in [3.8, 4) is 0 Å². The van der Waals surface area contributed by atoms with Crippen molar-refractivity contribution in [1.82, 2.24) is 4.90 Å². The minimum Gasteiger partial charge on any atom is -0.290 e. The van der Waals surface area contributed by atoms with Gasteiger partial charge in [0.15, 0.2) is 9.84 Å². The molecule has 1 aliphatic heterocycles. The topological polar surface area (TPSA) is 37.4 Å². The number of benzene rings is 1. The molecule has 0 saturated carbocycles. The lowest BCUT2D eigenvalue weighted by Crippen LogP contribution is -2.36. The van der Waals surface area contributed by atoms with Crippen LogP contribution in [-0.2, 0) is 22.9 Å². The molecule has 94 valence electrons. The lowest BCUT2D eigenvalue weighted by Gasteiger charge is -2.31. The van der Waals surface area contributed by atoms with Crippen molar-refractivity contribution in [2.45, 2.75) is 44.3 Å². The molecule has 0 aromatic heterocycles. The second-order valence-corrected chi connectivity index (χ2v) is 7.75. The maximum atomic E-state index is 11.5. The number of rotatable bonds is 1. The second kappa shape index (κ2) is 3.82. The Hall–Kier alpha value is -0.870. The minimum absolute atomic E-state index is 0.115. The van der Waals surface area contributed by atoms with Crippen LogP contribution in [0.3, 0.4) is 0 Å². The highest BCUT2D eigenvalue weighted by Gasteiger charge is 2.28. The van der Waals surface area contributed by atoms with Gasteiger partial charge in [-0.3, -0.25) is 4.90 Å². The molecule has 1 heterocycles. The SMILES string of the molecule is CC(C)(C)N1Cc2ccc(S(C)(=O)=O)cc2C1. The van der Waals surface area contributed by atoms with E-state index in [1.807, 2.05) is 12.1 Å². The third kappa shape index (κ3) is 2.53. The molecule has 0 saturated heterocycles. The van der Waals surface area contributed by atoms with Crippen LogP contribution in [0.25, 0.3) is 0 Å². The monoisotopic (exact) mass is 253 g/mol. The summed E-state index contributed by atoms with van der Waals surface area (Å²) in [7, 11) is -3.10. The molecule has 0 bridgehead atoms. The van der Waals surface area contributed by atoms with Gasteiger partial charge in [-0.25, -0.2) is 8.42 Å². The molecule has 0 unspecified atom stereocenters. The third-order valence-corrected chi connectivity index (χ3v) is 4.39. The second-order valence-electron chi connectivity index (χ2n) is 5.73. The van der Waals surface area contributed by atoms with Crippen molar-refractivity contribution in [2.75, 3.05) is 6.26 Å². The van der Waals surface area contributed by atoms with E-state index in [1.165, 1.54) is 11.8 Å². The number of hydrogen-bond donors (Lipinski definition) is 0. The summed E-state index contributed by atoms with van der Waals surface area (Å²) < 4.78 is 23.0. The van der Waals surface area contributed by atoms with Crippen molar-refractivity contribution < 1.29 is 8.42 Å². The van der Waals surface area contributed by atoms with Gasteiger partial charge >= 0.3 is 0 Å². The Labute approximate surface area is 103 Å². The Balaban J connectivity index is 2.35. The van der Waals surface area contributed by atoms with Gasteiger partial charge < -0.3 is 0 Å². The third-order valence-electron chi connectivity index (χ3n) is 3.28. The quantitative estimate of drug-likeness (QED) is 0.770. The van der Waals surface area contributed by atoms with Gasteiger partial charge in [0, 0.05) is 24.9 Å². The van der Waals surface area contributed by atoms with Gasteiger partial charge in [0.25, 0.3) is 0 Å². The van der Waals surface area contributed by atoms with E-state index in [0.717, 1.165) is 18.7 Å². The molecule has 3 nitrogen and oxygen atoms in total. The molecule has 4 heteroatoms. The first kappa shape index (κ1) is 12.6. The first-order chi connectivity index (χ1) is 7.68. The fourth-order valence-electron chi connectivity index (χ4n) is 2.08. The van der Waals surface area contributed by atoms with Crippen LogP contribution in [0.5, 0.6) is 0 Å². The van der Waals surface area contributed by atoms with Crippen LogP contribution in [-0.4, -0.2) is 25.1 Å². The van der Waals surface area contributed by atoms with Crippen LogP contribution in [0.1, 0.15) is 31.9 Å². The molecule has 17 heavy (non-hydrogen) atoms. The van der Waals surface area contributed by atoms with E-state index in [2.05, 4.69) is 25.7 Å². The molecule has 1 aromatic carbocycles. The van der Waals surface area contributed by atoms with Crippen LogP contribution in [0.4, 0.5) is 0 Å². The average molecular weight is 253 g/mol. The van der Waals surface area contributed by atoms with Gasteiger partial charge in [-0.2, -0.15) is 0 Å². The van der Waals surface area contributed by atoms with Gasteiger partial charge in [0.05, 0.1) is 4.90 Å². The molecular weight excluding hydrogens is 234 g/mol. The van der Waals surface area contributed by atoms with Crippen molar-refractivity contribution >= 4 is 9.84 Å². The zero-order valence-electron chi connectivity index (χ0n) is 10.8. The van der Waals surface area contributed by atoms with E-state index in [-0.39, 0.29) is 5.54 Å². The Bertz CT molecular complexity index is 541. The number of fused-ring (bicyclic) bond motifs is 1. The van der Waals surface area contributed by atoms with Crippen LogP contribution >= 0.6 is 0 Å². The van der Waals surface area contributed by atoms with Crippen molar-refractivity contribution in [3.63, 3.8) is 0 Å². The van der Waals surface area contributed by atoms with E-state index >= 15 is 0 Å². The fourth-order valence-corrected chi connectivity index (χ4v) is 2.75. The van der Waals surface area contributed by atoms with Gasteiger partial charge in [0.1, 0.15) is 0 Å². The molecule has 0 radical (unpaired) electrons. The van der Waals surface area contributed by atoms with Crippen molar-refractivity contribution in [2.24, 2.45) is 0 Å². The number of hydrogen-bond acceptors (Lipinski definition) is 3. The fraction of sp³-hybridized carbons (Fsp3) is 0.538. The molecule has 0 aliphatic carbocycles. The highest BCUT2D eigenvalue weighted by Crippen LogP contribution is 2.30. The molecule has 0 N–H and O–H groups in total. The molecular formula is C13H19NO2S. The van der Waals surface area contributed by atoms with Crippen LogP contribution < -0.4 is 0 Å². The van der Waals surface area contributed by atoms with Gasteiger partial charge in [-0.05, 0) is 44.0 Å². The normalized spacial score (nSPS) is 17.2. The summed E-state index contributed by atoms with van der Waals surface area (Å²) >= 11 is 0. The summed E-state index contributed by atoms with van der Waals surface area (Å²) in [4.78, 5) is 2.77. The maximum absolute atomic E-state index is 11.5. The highest BCUT2D eigenvalue weighted by molar-refractivity contribution is 7.90. The molecule has 0 amide bonds.